The Balaban J connectivity index is 1.85. The standard InChI is InChI=1S/C22H22F2N4O2/c1-22(2,3)17-14-19(28(27-17)18-10-6-7-13-25-18)26-20(29)12-11-15-8-4-5-9-16(15)30-21(23)24/h4-14,21H,1-3H3,(H,26,29)/b12-11+. The van der Waals surface area contributed by atoms with Crippen molar-refractivity contribution in [2.45, 2.75) is 32.8 Å². The van der Waals surface area contributed by atoms with Gasteiger partial charge < -0.3 is 10.1 Å². The molecule has 2 aromatic heterocycles. The van der Waals surface area contributed by atoms with Crippen molar-refractivity contribution in [3.8, 4) is 11.6 Å². The summed E-state index contributed by atoms with van der Waals surface area (Å²) in [7, 11) is 0. The van der Waals surface area contributed by atoms with Gasteiger partial charge in [0.2, 0.25) is 5.91 Å². The number of hydrogen-bond acceptors (Lipinski definition) is 4. The van der Waals surface area contributed by atoms with Crippen LogP contribution in [0.3, 0.4) is 0 Å². The van der Waals surface area contributed by atoms with Gasteiger partial charge in [0, 0.05) is 29.3 Å². The van der Waals surface area contributed by atoms with Gasteiger partial charge in [0.05, 0.1) is 5.69 Å². The monoisotopic (exact) mass is 412 g/mol. The molecule has 0 bridgehead atoms. The first kappa shape index (κ1) is 21.2. The number of carbonyl (C=O) groups is 1. The first-order chi connectivity index (χ1) is 14.2. The molecule has 0 aliphatic carbocycles. The maximum absolute atomic E-state index is 12.5. The minimum atomic E-state index is -2.95. The number of nitrogens with one attached hydrogen (secondary N) is 1. The van der Waals surface area contributed by atoms with E-state index in [9.17, 15) is 13.6 Å². The molecule has 0 saturated carbocycles. The highest BCUT2D eigenvalue weighted by Gasteiger charge is 2.21. The summed E-state index contributed by atoms with van der Waals surface area (Å²) in [5, 5.41) is 7.36. The Labute approximate surface area is 173 Å². The van der Waals surface area contributed by atoms with E-state index in [1.54, 1.807) is 47.3 Å². The summed E-state index contributed by atoms with van der Waals surface area (Å²) in [6.45, 7) is 3.10. The van der Waals surface area contributed by atoms with Crippen LogP contribution >= 0.6 is 0 Å². The van der Waals surface area contributed by atoms with Gasteiger partial charge in [0.15, 0.2) is 5.82 Å². The van der Waals surface area contributed by atoms with E-state index in [2.05, 4.69) is 20.1 Å². The minimum absolute atomic E-state index is 0.00917. The Morgan fingerprint density at radius 1 is 1.17 bits per heavy atom. The summed E-state index contributed by atoms with van der Waals surface area (Å²) >= 11 is 0. The lowest BCUT2D eigenvalue weighted by Crippen LogP contribution is -2.14. The van der Waals surface area contributed by atoms with Crippen LogP contribution in [-0.2, 0) is 10.2 Å². The molecule has 1 amide bonds. The number of carbonyl (C=O) groups excluding carboxylic acids is 1. The first-order valence-corrected chi connectivity index (χ1v) is 9.29. The van der Waals surface area contributed by atoms with Gasteiger partial charge in [-0.1, -0.05) is 45.0 Å². The van der Waals surface area contributed by atoms with E-state index in [1.807, 2.05) is 26.8 Å². The van der Waals surface area contributed by atoms with E-state index >= 15 is 0 Å². The molecule has 2 heterocycles. The number of nitrogens with zero attached hydrogens (tertiary/aromatic N) is 3. The zero-order valence-corrected chi connectivity index (χ0v) is 16.8. The number of aromatic nitrogens is 3. The Kier molecular flexibility index (Phi) is 6.25. The lowest BCUT2D eigenvalue weighted by atomic mass is 9.92. The second-order valence-corrected chi connectivity index (χ2v) is 7.50. The molecule has 8 heteroatoms. The molecule has 0 fully saturated rings. The smallest absolute Gasteiger partial charge is 0.387 e. The summed E-state index contributed by atoms with van der Waals surface area (Å²) < 4.78 is 31.1. The highest BCUT2D eigenvalue weighted by molar-refractivity contribution is 6.01. The van der Waals surface area contributed by atoms with Crippen molar-refractivity contribution < 1.29 is 18.3 Å². The van der Waals surface area contributed by atoms with Gasteiger partial charge in [-0.3, -0.25) is 4.79 Å². The van der Waals surface area contributed by atoms with E-state index in [-0.39, 0.29) is 11.2 Å². The molecule has 0 radical (unpaired) electrons. The molecule has 0 aliphatic rings. The molecular formula is C22H22F2N4O2. The Hall–Kier alpha value is -3.55. The number of alkyl halides is 2. The summed E-state index contributed by atoms with van der Waals surface area (Å²) in [5.74, 6) is 0.554. The number of pyridine rings is 1. The van der Waals surface area contributed by atoms with Crippen molar-refractivity contribution in [1.29, 1.82) is 0 Å². The largest absolute Gasteiger partial charge is 0.434 e. The second kappa shape index (κ2) is 8.86. The van der Waals surface area contributed by atoms with E-state index in [0.717, 1.165) is 5.69 Å². The molecule has 0 unspecified atom stereocenters. The molecule has 6 nitrogen and oxygen atoms in total. The zero-order chi connectivity index (χ0) is 21.7. The average molecular weight is 412 g/mol. The zero-order valence-electron chi connectivity index (χ0n) is 16.8. The lowest BCUT2D eigenvalue weighted by molar-refractivity contribution is -0.111. The molecule has 0 spiro atoms. The van der Waals surface area contributed by atoms with Crippen LogP contribution in [0.1, 0.15) is 32.0 Å². The third kappa shape index (κ3) is 5.28. The fourth-order valence-electron chi connectivity index (χ4n) is 2.65. The van der Waals surface area contributed by atoms with Crippen molar-refractivity contribution in [2.24, 2.45) is 0 Å². The predicted octanol–water partition coefficient (Wildman–Crippen LogP) is 4.82. The third-order valence-electron chi connectivity index (χ3n) is 4.14. The van der Waals surface area contributed by atoms with Gasteiger partial charge in [-0.25, -0.2) is 4.98 Å². The van der Waals surface area contributed by atoms with Gasteiger partial charge in [0.25, 0.3) is 0 Å². The van der Waals surface area contributed by atoms with E-state index < -0.39 is 12.5 Å². The summed E-state index contributed by atoms with van der Waals surface area (Å²) in [6, 6.07) is 13.4. The molecule has 0 aliphatic heterocycles. The third-order valence-corrected chi connectivity index (χ3v) is 4.14. The fraction of sp³-hybridized carbons (Fsp3) is 0.227. The molecule has 30 heavy (non-hydrogen) atoms. The van der Waals surface area contributed by atoms with Gasteiger partial charge in [-0.15, -0.1) is 0 Å². The van der Waals surface area contributed by atoms with E-state index in [4.69, 9.17) is 0 Å². The van der Waals surface area contributed by atoms with Crippen molar-refractivity contribution >= 4 is 17.8 Å². The number of para-hydroxylation sites is 1. The highest BCUT2D eigenvalue weighted by Crippen LogP contribution is 2.26. The molecule has 1 aromatic carbocycles. The van der Waals surface area contributed by atoms with Crippen molar-refractivity contribution in [3.63, 3.8) is 0 Å². The highest BCUT2D eigenvalue weighted by atomic mass is 19.3. The fourth-order valence-corrected chi connectivity index (χ4v) is 2.65. The Morgan fingerprint density at radius 2 is 1.90 bits per heavy atom. The molecular weight excluding hydrogens is 390 g/mol. The number of halogens is 2. The second-order valence-electron chi connectivity index (χ2n) is 7.50. The van der Waals surface area contributed by atoms with Crippen LogP contribution in [0, 0.1) is 0 Å². The topological polar surface area (TPSA) is 69.0 Å². The number of ether oxygens (including phenoxy) is 1. The molecule has 0 atom stereocenters. The van der Waals surface area contributed by atoms with E-state index in [1.165, 1.54) is 18.2 Å². The van der Waals surface area contributed by atoms with Gasteiger partial charge in [-0.05, 0) is 24.3 Å². The maximum Gasteiger partial charge on any atom is 0.387 e. The number of hydrogen-bond donors (Lipinski definition) is 1. The molecule has 3 rings (SSSR count). The summed E-state index contributed by atoms with van der Waals surface area (Å²) in [4.78, 5) is 16.8. The Morgan fingerprint density at radius 3 is 2.57 bits per heavy atom. The van der Waals surface area contributed by atoms with Crippen LogP contribution in [0.25, 0.3) is 11.9 Å². The van der Waals surface area contributed by atoms with Gasteiger partial charge in [0.1, 0.15) is 11.6 Å². The average Bonchev–Trinajstić information content (AvgIpc) is 3.12. The Bertz CT molecular complexity index is 1040. The van der Waals surface area contributed by atoms with Crippen molar-refractivity contribution in [2.75, 3.05) is 5.32 Å². The number of amides is 1. The predicted molar refractivity (Wildman–Crippen MR) is 111 cm³/mol. The van der Waals surface area contributed by atoms with Crippen LogP contribution < -0.4 is 10.1 Å². The normalized spacial score (nSPS) is 11.8. The summed E-state index contributed by atoms with van der Waals surface area (Å²) in [6.07, 6.45) is 4.30. The van der Waals surface area contributed by atoms with Crippen LogP contribution in [0.2, 0.25) is 0 Å². The number of rotatable bonds is 6. The quantitative estimate of drug-likeness (QED) is 0.590. The molecule has 156 valence electrons. The minimum Gasteiger partial charge on any atom is -0.434 e. The number of benzene rings is 1. The van der Waals surface area contributed by atoms with Crippen LogP contribution in [0.4, 0.5) is 14.6 Å². The van der Waals surface area contributed by atoms with Crippen molar-refractivity contribution in [3.05, 3.63) is 72.1 Å². The maximum atomic E-state index is 12.5. The van der Waals surface area contributed by atoms with E-state index in [0.29, 0.717) is 17.2 Å². The van der Waals surface area contributed by atoms with Crippen LogP contribution in [0.5, 0.6) is 5.75 Å². The van der Waals surface area contributed by atoms with Gasteiger partial charge in [-0.2, -0.15) is 18.6 Å². The van der Waals surface area contributed by atoms with Gasteiger partial charge >= 0.3 is 6.61 Å². The molecule has 3 aromatic rings. The molecule has 1 N–H and O–H groups in total. The first-order valence-electron chi connectivity index (χ1n) is 9.29. The van der Waals surface area contributed by atoms with Crippen LogP contribution in [0.15, 0.2) is 60.8 Å². The number of anilines is 1. The lowest BCUT2D eigenvalue weighted by Gasteiger charge is -2.13. The summed E-state index contributed by atoms with van der Waals surface area (Å²) in [5.41, 5.74) is 0.908. The molecule has 0 saturated heterocycles. The van der Waals surface area contributed by atoms with Crippen molar-refractivity contribution in [1.82, 2.24) is 14.8 Å². The SMILES string of the molecule is CC(C)(C)c1cc(NC(=O)/C=C/c2ccccc2OC(F)F)n(-c2ccccn2)n1. The van der Waals surface area contributed by atoms with Crippen LogP contribution in [-0.4, -0.2) is 27.3 Å².